The number of halogens is 1. The van der Waals surface area contributed by atoms with Gasteiger partial charge >= 0.3 is 0 Å². The Morgan fingerprint density at radius 3 is 2.50 bits per heavy atom. The van der Waals surface area contributed by atoms with Gasteiger partial charge in [0.1, 0.15) is 25.2 Å². The second kappa shape index (κ2) is 4.39. The number of ether oxygens (including phenoxy) is 1. The second-order valence-electron chi connectivity index (χ2n) is 3.81. The molecule has 0 heterocycles. The summed E-state index contributed by atoms with van der Waals surface area (Å²) in [5, 5.41) is 0. The van der Waals surface area contributed by atoms with Crippen LogP contribution in [0.5, 0.6) is 11.5 Å². The standard InChI is InChI=1S/C13H12BFO/c1-9-7-12(5-6-13(9)14)16-11-4-2-3-10(15)8-11/h2-8H,14H2,1H3. The number of aryl methyl sites for hydroxylation is 1. The van der Waals surface area contributed by atoms with Crippen LogP contribution in [-0.2, 0) is 0 Å². The van der Waals surface area contributed by atoms with Gasteiger partial charge in [-0.2, -0.15) is 0 Å². The molecule has 0 unspecified atom stereocenters. The SMILES string of the molecule is Bc1ccc(Oc2cccc(F)c2)cc1C. The van der Waals surface area contributed by atoms with E-state index >= 15 is 0 Å². The highest BCUT2D eigenvalue weighted by Gasteiger charge is 2.00. The van der Waals surface area contributed by atoms with Gasteiger partial charge in [0, 0.05) is 6.07 Å². The first kappa shape index (κ1) is 10.7. The van der Waals surface area contributed by atoms with Gasteiger partial charge in [0.05, 0.1) is 0 Å². The minimum Gasteiger partial charge on any atom is -0.457 e. The Kier molecular flexibility index (Phi) is 2.95. The molecule has 1 nitrogen and oxygen atoms in total. The van der Waals surface area contributed by atoms with Crippen LogP contribution in [0.2, 0.25) is 0 Å². The Hall–Kier alpha value is -1.77. The third kappa shape index (κ3) is 2.43. The quantitative estimate of drug-likeness (QED) is 0.696. The molecule has 0 aliphatic carbocycles. The van der Waals surface area contributed by atoms with E-state index in [1.807, 2.05) is 33.0 Å². The number of hydrogen-bond donors (Lipinski definition) is 0. The Morgan fingerprint density at radius 1 is 1.06 bits per heavy atom. The van der Waals surface area contributed by atoms with Gasteiger partial charge in [-0.1, -0.05) is 23.2 Å². The van der Waals surface area contributed by atoms with E-state index in [2.05, 4.69) is 0 Å². The molecule has 0 fully saturated rings. The van der Waals surface area contributed by atoms with E-state index in [0.717, 1.165) is 11.3 Å². The predicted molar refractivity (Wildman–Crippen MR) is 65.8 cm³/mol. The van der Waals surface area contributed by atoms with Gasteiger partial charge in [-0.05, 0) is 31.2 Å². The summed E-state index contributed by atoms with van der Waals surface area (Å²) in [6, 6.07) is 11.9. The van der Waals surface area contributed by atoms with E-state index < -0.39 is 0 Å². The zero-order chi connectivity index (χ0) is 11.5. The maximum atomic E-state index is 12.9. The lowest BCUT2D eigenvalue weighted by molar-refractivity contribution is 0.476. The molecule has 0 aliphatic rings. The van der Waals surface area contributed by atoms with Crippen molar-refractivity contribution in [3.05, 3.63) is 53.8 Å². The summed E-state index contributed by atoms with van der Waals surface area (Å²) < 4.78 is 18.5. The Balaban J connectivity index is 2.24. The van der Waals surface area contributed by atoms with Crippen LogP contribution < -0.4 is 10.2 Å². The fraction of sp³-hybridized carbons (Fsp3) is 0.0769. The summed E-state index contributed by atoms with van der Waals surface area (Å²) in [6.45, 7) is 2.02. The molecule has 2 aromatic carbocycles. The summed E-state index contributed by atoms with van der Waals surface area (Å²) in [5.74, 6) is 0.957. The molecule has 3 heteroatoms. The van der Waals surface area contributed by atoms with Crippen molar-refractivity contribution < 1.29 is 9.13 Å². The highest BCUT2D eigenvalue weighted by atomic mass is 19.1. The molecule has 2 rings (SSSR count). The van der Waals surface area contributed by atoms with Gasteiger partial charge in [0.2, 0.25) is 0 Å². The van der Waals surface area contributed by atoms with Crippen molar-refractivity contribution in [1.82, 2.24) is 0 Å². The second-order valence-corrected chi connectivity index (χ2v) is 3.81. The first-order valence-electron chi connectivity index (χ1n) is 5.16. The average Bonchev–Trinajstić information content (AvgIpc) is 2.24. The molecule has 0 aliphatic heterocycles. The Morgan fingerprint density at radius 2 is 1.81 bits per heavy atom. The smallest absolute Gasteiger partial charge is 0.139 e. The predicted octanol–water partition coefficient (Wildman–Crippen LogP) is 2.18. The maximum Gasteiger partial charge on any atom is 0.139 e. The van der Waals surface area contributed by atoms with Crippen LogP contribution in [0.15, 0.2) is 42.5 Å². The van der Waals surface area contributed by atoms with E-state index in [1.54, 1.807) is 12.1 Å². The van der Waals surface area contributed by atoms with Crippen molar-refractivity contribution in [3.63, 3.8) is 0 Å². The summed E-state index contributed by atoms with van der Waals surface area (Å²) >= 11 is 0. The van der Waals surface area contributed by atoms with E-state index in [1.165, 1.54) is 17.6 Å². The number of rotatable bonds is 2. The maximum absolute atomic E-state index is 12.9. The first-order chi connectivity index (χ1) is 7.65. The average molecular weight is 214 g/mol. The Labute approximate surface area is 95.3 Å². The molecule has 0 atom stereocenters. The molecule has 2 aromatic rings. The molecule has 0 saturated carbocycles. The lowest BCUT2D eigenvalue weighted by Crippen LogP contribution is -2.05. The van der Waals surface area contributed by atoms with Crippen LogP contribution in [0.4, 0.5) is 4.39 Å². The molecular weight excluding hydrogens is 202 g/mol. The topological polar surface area (TPSA) is 9.23 Å². The highest BCUT2D eigenvalue weighted by Crippen LogP contribution is 2.21. The van der Waals surface area contributed by atoms with E-state index in [4.69, 9.17) is 4.74 Å². The van der Waals surface area contributed by atoms with E-state index in [9.17, 15) is 4.39 Å². The molecule has 80 valence electrons. The van der Waals surface area contributed by atoms with Crippen molar-refractivity contribution in [3.8, 4) is 11.5 Å². The van der Waals surface area contributed by atoms with Crippen molar-refractivity contribution in [1.29, 1.82) is 0 Å². The summed E-state index contributed by atoms with van der Waals surface area (Å²) in [5.41, 5.74) is 2.38. The van der Waals surface area contributed by atoms with Crippen molar-refractivity contribution in [2.75, 3.05) is 0 Å². The summed E-state index contributed by atoms with van der Waals surface area (Å²) in [4.78, 5) is 0. The van der Waals surface area contributed by atoms with Gasteiger partial charge in [0.15, 0.2) is 0 Å². The lowest BCUT2D eigenvalue weighted by Gasteiger charge is -2.07. The van der Waals surface area contributed by atoms with Crippen LogP contribution in [-0.4, -0.2) is 7.85 Å². The van der Waals surface area contributed by atoms with Crippen LogP contribution in [0.3, 0.4) is 0 Å². The van der Waals surface area contributed by atoms with Crippen molar-refractivity contribution in [2.24, 2.45) is 0 Å². The normalized spacial score (nSPS) is 10.1. The van der Waals surface area contributed by atoms with E-state index in [-0.39, 0.29) is 5.82 Å². The summed E-state index contributed by atoms with van der Waals surface area (Å²) in [7, 11) is 2.04. The zero-order valence-electron chi connectivity index (χ0n) is 9.33. The van der Waals surface area contributed by atoms with Crippen LogP contribution in [0, 0.1) is 12.7 Å². The van der Waals surface area contributed by atoms with Crippen LogP contribution in [0.1, 0.15) is 5.56 Å². The first-order valence-corrected chi connectivity index (χ1v) is 5.16. The summed E-state index contributed by atoms with van der Waals surface area (Å²) in [6.07, 6.45) is 0. The number of hydrogen-bond acceptors (Lipinski definition) is 1. The molecule has 0 saturated heterocycles. The van der Waals surface area contributed by atoms with E-state index in [0.29, 0.717) is 5.75 Å². The third-order valence-electron chi connectivity index (χ3n) is 2.51. The number of benzene rings is 2. The lowest BCUT2D eigenvalue weighted by atomic mass is 9.91. The van der Waals surface area contributed by atoms with Gasteiger partial charge < -0.3 is 4.74 Å². The molecule has 0 spiro atoms. The van der Waals surface area contributed by atoms with Gasteiger partial charge in [-0.15, -0.1) is 0 Å². The molecule has 0 aromatic heterocycles. The van der Waals surface area contributed by atoms with Crippen LogP contribution >= 0.6 is 0 Å². The van der Waals surface area contributed by atoms with Gasteiger partial charge in [-0.25, -0.2) is 4.39 Å². The highest BCUT2D eigenvalue weighted by molar-refractivity contribution is 6.33. The minimum absolute atomic E-state index is 0.290. The fourth-order valence-corrected chi connectivity index (χ4v) is 1.44. The molecule has 0 radical (unpaired) electrons. The van der Waals surface area contributed by atoms with Crippen molar-refractivity contribution in [2.45, 2.75) is 6.92 Å². The molecule has 0 amide bonds. The monoisotopic (exact) mass is 214 g/mol. The van der Waals surface area contributed by atoms with Crippen molar-refractivity contribution >= 4 is 13.3 Å². The van der Waals surface area contributed by atoms with Gasteiger partial charge in [-0.3, -0.25) is 0 Å². The molecule has 0 N–H and O–H groups in total. The zero-order valence-corrected chi connectivity index (χ0v) is 9.33. The molecule has 16 heavy (non-hydrogen) atoms. The fourth-order valence-electron chi connectivity index (χ4n) is 1.44. The Bertz CT molecular complexity index is 511. The van der Waals surface area contributed by atoms with Gasteiger partial charge in [0.25, 0.3) is 0 Å². The molecule has 0 bridgehead atoms. The molecular formula is C13H12BFO. The largest absolute Gasteiger partial charge is 0.457 e. The third-order valence-corrected chi connectivity index (χ3v) is 2.51. The minimum atomic E-state index is -0.290. The van der Waals surface area contributed by atoms with Crippen LogP contribution in [0.25, 0.3) is 0 Å².